The first-order valence-corrected chi connectivity index (χ1v) is 19.9. The van der Waals surface area contributed by atoms with Crippen LogP contribution in [-0.2, 0) is 18.0 Å². The van der Waals surface area contributed by atoms with Gasteiger partial charge in [-0.05, 0) is 0 Å². The third-order valence-corrected chi connectivity index (χ3v) is 25.1. The van der Waals surface area contributed by atoms with Crippen molar-refractivity contribution in [2.45, 2.75) is 32.6 Å². The molecule has 0 fully saturated rings. The minimum atomic E-state index is -6.52. The van der Waals surface area contributed by atoms with Gasteiger partial charge in [-0.2, -0.15) is 0 Å². The Labute approximate surface area is 149 Å². The van der Waals surface area contributed by atoms with Gasteiger partial charge in [0.05, 0.1) is 0 Å². The van der Waals surface area contributed by atoms with Gasteiger partial charge >= 0.3 is 149 Å². The van der Waals surface area contributed by atoms with Crippen molar-refractivity contribution < 1.29 is 21.3 Å². The van der Waals surface area contributed by atoms with E-state index < -0.39 is 11.3 Å². The zero-order chi connectivity index (χ0) is 19.5. The van der Waals surface area contributed by atoms with E-state index in [4.69, 9.17) is 9.96 Å². The van der Waals surface area contributed by atoms with Crippen molar-refractivity contribution in [1.29, 1.82) is 0 Å². The summed E-state index contributed by atoms with van der Waals surface area (Å²) in [5.74, 6) is 0.750. The summed E-state index contributed by atoms with van der Waals surface area (Å²) in [6.45, 7) is 0. The molecule has 143 valence electrons. The molecule has 0 spiro atoms. The van der Waals surface area contributed by atoms with Crippen LogP contribution in [0, 0.1) is 0 Å². The van der Waals surface area contributed by atoms with Gasteiger partial charge in [0, 0.05) is 0 Å². The van der Waals surface area contributed by atoms with Crippen molar-refractivity contribution in [3.05, 3.63) is 64.6 Å². The van der Waals surface area contributed by atoms with E-state index >= 15 is 0 Å². The summed E-state index contributed by atoms with van der Waals surface area (Å²) in [5.41, 5.74) is 0. The molecule has 3 nitrogen and oxygen atoms in total. The number of rotatable bonds is 5. The molecule has 0 N–H and O–H groups in total. The maximum atomic E-state index is 7.24. The zero-order valence-electron chi connectivity index (χ0n) is 17.2. The second-order valence-electron chi connectivity index (χ2n) is 14.2. The standard InChI is InChI=1S/C10H8O.C5H5.2CH3O.5CH3.Ti/c11-10-7-3-5-8-4-1-2-6-9(8)10;1-2-4-5-3-1;2*1-2;;;;;;/h1-7,11H;1-3H,4H2;2*1H3;5*1H3;/q;;2*-1;;;;;;+3/p-1. The predicted molar refractivity (Wildman–Crippen MR) is 110 cm³/mol. The molecule has 0 aliphatic heterocycles. The van der Waals surface area contributed by atoms with Crippen LogP contribution < -0.4 is 3.32 Å². The summed E-state index contributed by atoms with van der Waals surface area (Å²) in [5, 5.41) is 12.4. The number of allylic oxidation sites excluding steroid dienone is 4. The Bertz CT molecular complexity index is 1070. The van der Waals surface area contributed by atoms with Crippen LogP contribution in [0.3, 0.4) is 0 Å². The van der Waals surface area contributed by atoms with E-state index in [2.05, 4.69) is 56.5 Å². The maximum absolute atomic E-state index is 7.24. The summed E-state index contributed by atoms with van der Waals surface area (Å²) >= 11 is -6.52. The summed E-state index contributed by atoms with van der Waals surface area (Å²) in [6.07, 6.45) is 6.96. The second-order valence-corrected chi connectivity index (χ2v) is 47.6. The molecule has 4 heteroatoms. The first kappa shape index (κ1) is 19.4. The molecule has 0 aromatic heterocycles. The number of fused-ring (bicyclic) bond motifs is 1. The molecule has 0 unspecified atom stereocenters. The van der Waals surface area contributed by atoms with Crippen LogP contribution in [0.5, 0.6) is 5.75 Å². The van der Waals surface area contributed by atoms with E-state index in [1.807, 2.05) is 30.3 Å². The Hall–Kier alpha value is -1.39. The van der Waals surface area contributed by atoms with Crippen LogP contribution >= 0.6 is 0 Å². The number of hydrogen-bond acceptors (Lipinski definition) is 3. The molecule has 0 saturated heterocycles. The van der Waals surface area contributed by atoms with Gasteiger partial charge in [0.2, 0.25) is 0 Å². The number of benzene rings is 2. The molecule has 26 heavy (non-hydrogen) atoms. The van der Waals surface area contributed by atoms with E-state index in [0.717, 1.165) is 20.4 Å². The fraction of sp³-hybridized carbons (Fsp3) is 0.364. The normalized spacial score (nSPS) is 22.9. The van der Waals surface area contributed by atoms with Crippen molar-refractivity contribution in [2.75, 3.05) is 14.2 Å². The van der Waals surface area contributed by atoms with Crippen LogP contribution in [0.15, 0.2) is 64.6 Å². The zero-order valence-corrected chi connectivity index (χ0v) is 18.8. The third-order valence-electron chi connectivity index (χ3n) is 7.85. The van der Waals surface area contributed by atoms with E-state index in [1.54, 1.807) is 14.2 Å². The topological polar surface area (TPSA) is 27.7 Å². The molecule has 0 atom stereocenters. The summed E-state index contributed by atoms with van der Waals surface area (Å²) in [4.78, 5) is 0. The van der Waals surface area contributed by atoms with Gasteiger partial charge in [-0.3, -0.25) is 0 Å². The van der Waals surface area contributed by atoms with Crippen LogP contribution in [-0.4, -0.2) is 14.2 Å². The summed E-state index contributed by atoms with van der Waals surface area (Å²) < 4.78 is 21.6. The first-order chi connectivity index (χ1) is 11.5. The quantitative estimate of drug-likeness (QED) is 0.504. The van der Waals surface area contributed by atoms with Crippen molar-refractivity contribution in [1.82, 2.24) is 0 Å². The Morgan fingerprint density at radius 3 is 2.00 bits per heavy atom. The van der Waals surface area contributed by atoms with E-state index in [1.165, 1.54) is 0 Å². The molecule has 1 aliphatic carbocycles. The van der Waals surface area contributed by atoms with Crippen molar-refractivity contribution in [3.63, 3.8) is 0 Å². The van der Waals surface area contributed by atoms with Gasteiger partial charge < -0.3 is 0 Å². The third kappa shape index (κ3) is 2.24. The molecule has 0 heterocycles. The molecule has 0 amide bonds. The van der Waals surface area contributed by atoms with Gasteiger partial charge in [-0.15, -0.1) is 0 Å². The molecule has 1 aliphatic rings. The van der Waals surface area contributed by atoms with Gasteiger partial charge in [0.15, 0.2) is 0 Å². The number of hydrogen-bond donors (Lipinski definition) is 0. The van der Waals surface area contributed by atoms with E-state index in [0.29, 0.717) is 6.42 Å². The SMILES string of the molecule is C[O][Ti]([CH3])([CH3])([CH3])([CH3])([CH3])([O]C)([O]c1cccc2ccccc12)[C]1=CC=CC1. The van der Waals surface area contributed by atoms with Crippen LogP contribution in [0.4, 0.5) is 0 Å². The monoisotopic (exact) mass is 393 g/mol. The second kappa shape index (κ2) is 3.29. The Kier molecular flexibility index (Phi) is 2.45. The molecule has 2 aromatic rings. The molecular weight excluding hydrogens is 360 g/mol. The van der Waals surface area contributed by atoms with Gasteiger partial charge in [0.1, 0.15) is 0 Å². The Morgan fingerprint density at radius 2 is 1.42 bits per heavy atom. The minimum absolute atomic E-state index is 0.714. The fourth-order valence-electron chi connectivity index (χ4n) is 4.07. The molecule has 0 bridgehead atoms. The van der Waals surface area contributed by atoms with Crippen molar-refractivity contribution >= 4 is 10.8 Å². The van der Waals surface area contributed by atoms with Crippen LogP contribution in [0.1, 0.15) is 6.42 Å². The van der Waals surface area contributed by atoms with Crippen molar-refractivity contribution in [2.24, 2.45) is 0 Å². The van der Waals surface area contributed by atoms with Gasteiger partial charge in [-0.1, -0.05) is 0 Å². The molecule has 0 saturated carbocycles. The summed E-state index contributed by atoms with van der Waals surface area (Å²) in [7, 11) is 3.41. The van der Waals surface area contributed by atoms with E-state index in [9.17, 15) is 0 Å². The average Bonchev–Trinajstić information content (AvgIpc) is 3.13. The molecular formula is C22H33O3Ti. The predicted octanol–water partition coefficient (Wildman–Crippen LogP) is 7.17. The fourth-order valence-corrected chi connectivity index (χ4v) is 12.0. The molecule has 2 aromatic carbocycles. The first-order valence-electron chi connectivity index (χ1n) is 9.42. The van der Waals surface area contributed by atoms with Crippen molar-refractivity contribution in [3.8, 4) is 5.75 Å². The van der Waals surface area contributed by atoms with Gasteiger partial charge in [-0.25, -0.2) is 0 Å². The Balaban J connectivity index is 2.51. The average molecular weight is 393 g/mol. The summed E-state index contributed by atoms with van der Waals surface area (Å²) in [6, 6.07) is 14.3. The van der Waals surface area contributed by atoms with Crippen LogP contribution in [0.2, 0.25) is 26.1 Å². The van der Waals surface area contributed by atoms with E-state index in [-0.39, 0.29) is 0 Å². The van der Waals surface area contributed by atoms with Gasteiger partial charge in [0.25, 0.3) is 0 Å². The molecule has 3 rings (SSSR count). The van der Waals surface area contributed by atoms with Crippen LogP contribution in [0.25, 0.3) is 10.8 Å². The Morgan fingerprint density at radius 1 is 0.808 bits per heavy atom. The molecule has 0 radical (unpaired) electrons.